The van der Waals surface area contributed by atoms with Crippen LogP contribution in [0.3, 0.4) is 0 Å². The highest BCUT2D eigenvalue weighted by atomic mass is 16.5. The molecule has 1 saturated carbocycles. The molecule has 0 aliphatic heterocycles. The number of aromatic nitrogens is 2. The molecule has 2 N–H and O–H groups in total. The van der Waals surface area contributed by atoms with Gasteiger partial charge in [0.2, 0.25) is 5.88 Å². The predicted molar refractivity (Wildman–Crippen MR) is 83.4 cm³/mol. The third-order valence-corrected chi connectivity index (χ3v) is 4.77. The van der Waals surface area contributed by atoms with Gasteiger partial charge in [-0.2, -0.15) is 5.10 Å². The highest BCUT2D eigenvalue weighted by Gasteiger charge is 2.36. The van der Waals surface area contributed by atoms with Gasteiger partial charge in [-0.25, -0.2) is 4.68 Å². The van der Waals surface area contributed by atoms with Crippen LogP contribution >= 0.6 is 0 Å². The summed E-state index contributed by atoms with van der Waals surface area (Å²) in [6.45, 7) is 7.85. The molecule has 1 aliphatic rings. The van der Waals surface area contributed by atoms with Gasteiger partial charge in [-0.1, -0.05) is 13.8 Å². The fraction of sp³-hybridized carbons (Fsp3) is 0.812. The van der Waals surface area contributed by atoms with Crippen LogP contribution in [0.4, 0.5) is 0 Å². The Morgan fingerprint density at radius 1 is 1.29 bits per heavy atom. The zero-order chi connectivity index (χ0) is 15.7. The minimum Gasteiger partial charge on any atom is -0.481 e. The lowest BCUT2D eigenvalue weighted by Gasteiger charge is -2.40. The van der Waals surface area contributed by atoms with Crippen LogP contribution in [-0.4, -0.2) is 34.1 Å². The fourth-order valence-corrected chi connectivity index (χ4v) is 3.13. The lowest BCUT2D eigenvalue weighted by molar-refractivity contribution is -0.0245. The molecule has 0 bridgehead atoms. The number of nitrogens with one attached hydrogen (secondary N) is 1. The Hall–Kier alpha value is -1.07. The van der Waals surface area contributed by atoms with Crippen molar-refractivity contribution in [2.45, 2.75) is 58.6 Å². The van der Waals surface area contributed by atoms with Gasteiger partial charge in [0, 0.05) is 20.1 Å². The second-order valence-electron chi connectivity index (χ2n) is 7.19. The third-order valence-electron chi connectivity index (χ3n) is 4.77. The van der Waals surface area contributed by atoms with Gasteiger partial charge in [0.25, 0.3) is 0 Å². The van der Waals surface area contributed by atoms with E-state index in [4.69, 9.17) is 4.74 Å². The van der Waals surface area contributed by atoms with Gasteiger partial charge in [0.1, 0.15) is 0 Å². The Balaban J connectivity index is 1.90. The Bertz CT molecular complexity index is 484. The van der Waals surface area contributed by atoms with Crippen molar-refractivity contribution < 1.29 is 9.84 Å². The van der Waals surface area contributed by atoms with Crippen LogP contribution in [-0.2, 0) is 13.6 Å². The standard InChI is InChI=1S/C16H29N3O2/c1-12-13(14(21-5)19(4)18-12)10-17-11-16(20)8-6-15(2,3)7-9-16/h17,20H,6-11H2,1-5H3. The van der Waals surface area contributed by atoms with Crippen molar-refractivity contribution in [1.82, 2.24) is 15.1 Å². The summed E-state index contributed by atoms with van der Waals surface area (Å²) in [6, 6.07) is 0. The molecule has 120 valence electrons. The summed E-state index contributed by atoms with van der Waals surface area (Å²) in [7, 11) is 3.54. The Kier molecular flexibility index (Phi) is 4.63. The molecule has 0 amide bonds. The molecule has 1 heterocycles. The Labute approximate surface area is 127 Å². The average Bonchev–Trinajstić information content (AvgIpc) is 2.68. The quantitative estimate of drug-likeness (QED) is 0.874. The molecule has 1 aromatic heterocycles. The molecule has 0 unspecified atom stereocenters. The van der Waals surface area contributed by atoms with E-state index >= 15 is 0 Å². The predicted octanol–water partition coefficient (Wildman–Crippen LogP) is 2.16. The molecule has 1 aromatic rings. The number of rotatable bonds is 5. The minimum absolute atomic E-state index is 0.370. The molecule has 1 fully saturated rings. The van der Waals surface area contributed by atoms with E-state index < -0.39 is 5.60 Å². The van der Waals surface area contributed by atoms with Crippen molar-refractivity contribution in [2.75, 3.05) is 13.7 Å². The monoisotopic (exact) mass is 295 g/mol. The maximum absolute atomic E-state index is 10.7. The SMILES string of the molecule is COc1c(CNCC2(O)CCC(C)(C)CC2)c(C)nn1C. The zero-order valence-electron chi connectivity index (χ0n) is 14.0. The van der Waals surface area contributed by atoms with Crippen LogP contribution < -0.4 is 10.1 Å². The smallest absolute Gasteiger partial charge is 0.216 e. The van der Waals surface area contributed by atoms with Crippen molar-refractivity contribution in [3.63, 3.8) is 0 Å². The molecule has 0 aromatic carbocycles. The number of methoxy groups -OCH3 is 1. The van der Waals surface area contributed by atoms with Gasteiger partial charge in [-0.15, -0.1) is 0 Å². The van der Waals surface area contributed by atoms with Crippen LogP contribution in [0.5, 0.6) is 5.88 Å². The Morgan fingerprint density at radius 3 is 2.48 bits per heavy atom. The van der Waals surface area contributed by atoms with Crippen LogP contribution in [0.2, 0.25) is 0 Å². The fourth-order valence-electron chi connectivity index (χ4n) is 3.13. The van der Waals surface area contributed by atoms with Crippen molar-refractivity contribution in [1.29, 1.82) is 0 Å². The van der Waals surface area contributed by atoms with Gasteiger partial charge < -0.3 is 15.2 Å². The molecular weight excluding hydrogens is 266 g/mol. The summed E-state index contributed by atoms with van der Waals surface area (Å²) in [4.78, 5) is 0. The lowest BCUT2D eigenvalue weighted by Crippen LogP contribution is -2.44. The molecule has 1 aliphatic carbocycles. The number of ether oxygens (including phenoxy) is 1. The number of aryl methyl sites for hydroxylation is 2. The van der Waals surface area contributed by atoms with E-state index in [-0.39, 0.29) is 0 Å². The largest absolute Gasteiger partial charge is 0.481 e. The first kappa shape index (κ1) is 16.3. The lowest BCUT2D eigenvalue weighted by atomic mass is 9.71. The summed E-state index contributed by atoms with van der Waals surface area (Å²) in [5.41, 5.74) is 1.84. The van der Waals surface area contributed by atoms with E-state index in [0.29, 0.717) is 18.5 Å². The number of hydrogen-bond donors (Lipinski definition) is 2. The Morgan fingerprint density at radius 2 is 1.90 bits per heavy atom. The second kappa shape index (κ2) is 5.97. The van der Waals surface area contributed by atoms with E-state index in [1.807, 2.05) is 14.0 Å². The second-order valence-corrected chi connectivity index (χ2v) is 7.19. The van der Waals surface area contributed by atoms with E-state index in [1.54, 1.807) is 11.8 Å². The highest BCUT2D eigenvalue weighted by molar-refractivity contribution is 5.30. The van der Waals surface area contributed by atoms with Crippen LogP contribution in [0.15, 0.2) is 0 Å². The molecule has 2 rings (SSSR count). The average molecular weight is 295 g/mol. The first-order valence-electron chi connectivity index (χ1n) is 7.76. The van der Waals surface area contributed by atoms with E-state index in [1.165, 1.54) is 0 Å². The summed E-state index contributed by atoms with van der Waals surface area (Å²) in [5.74, 6) is 0.789. The van der Waals surface area contributed by atoms with E-state index in [9.17, 15) is 5.11 Å². The number of hydrogen-bond acceptors (Lipinski definition) is 4. The normalized spacial score (nSPS) is 20.5. The van der Waals surface area contributed by atoms with E-state index in [2.05, 4.69) is 24.3 Å². The molecule has 0 saturated heterocycles. The number of aliphatic hydroxyl groups is 1. The summed E-state index contributed by atoms with van der Waals surface area (Å²) >= 11 is 0. The first-order chi connectivity index (χ1) is 9.76. The molecule has 5 heteroatoms. The molecule has 21 heavy (non-hydrogen) atoms. The van der Waals surface area contributed by atoms with E-state index in [0.717, 1.165) is 42.8 Å². The van der Waals surface area contributed by atoms with Gasteiger partial charge >= 0.3 is 0 Å². The molecule has 0 radical (unpaired) electrons. The van der Waals surface area contributed by atoms with Gasteiger partial charge in [0.05, 0.1) is 24.0 Å². The molecule has 5 nitrogen and oxygen atoms in total. The van der Waals surface area contributed by atoms with Crippen LogP contribution in [0.1, 0.15) is 50.8 Å². The van der Waals surface area contributed by atoms with Gasteiger partial charge in [-0.05, 0) is 38.0 Å². The minimum atomic E-state index is -0.571. The maximum atomic E-state index is 10.7. The summed E-state index contributed by atoms with van der Waals surface area (Å²) in [6.07, 6.45) is 3.91. The van der Waals surface area contributed by atoms with Gasteiger partial charge in [-0.3, -0.25) is 0 Å². The van der Waals surface area contributed by atoms with Crippen LogP contribution in [0, 0.1) is 12.3 Å². The maximum Gasteiger partial charge on any atom is 0.216 e. The van der Waals surface area contributed by atoms with Gasteiger partial charge in [0.15, 0.2) is 0 Å². The summed E-state index contributed by atoms with van der Waals surface area (Å²) in [5, 5.41) is 18.4. The highest BCUT2D eigenvalue weighted by Crippen LogP contribution is 2.39. The molecule has 0 spiro atoms. The van der Waals surface area contributed by atoms with Crippen molar-refractivity contribution >= 4 is 0 Å². The molecular formula is C16H29N3O2. The topological polar surface area (TPSA) is 59.3 Å². The van der Waals surface area contributed by atoms with Crippen molar-refractivity contribution in [3.8, 4) is 5.88 Å². The molecule has 0 atom stereocenters. The zero-order valence-corrected chi connectivity index (χ0v) is 14.0. The number of nitrogens with zero attached hydrogens (tertiary/aromatic N) is 2. The van der Waals surface area contributed by atoms with Crippen molar-refractivity contribution in [2.24, 2.45) is 12.5 Å². The van der Waals surface area contributed by atoms with Crippen LogP contribution in [0.25, 0.3) is 0 Å². The summed E-state index contributed by atoms with van der Waals surface area (Å²) < 4.78 is 7.14. The third kappa shape index (κ3) is 3.77. The van der Waals surface area contributed by atoms with Crippen molar-refractivity contribution in [3.05, 3.63) is 11.3 Å². The first-order valence-corrected chi connectivity index (χ1v) is 7.76.